The Kier molecular flexibility index (Phi) is 5.90. The van der Waals surface area contributed by atoms with Crippen LogP contribution in [0, 0.1) is 5.82 Å². The van der Waals surface area contributed by atoms with E-state index in [0.29, 0.717) is 32.1 Å². The van der Waals surface area contributed by atoms with Gasteiger partial charge in [0.05, 0.1) is 10.6 Å². The smallest absolute Gasteiger partial charge is 0.270 e. The van der Waals surface area contributed by atoms with E-state index in [2.05, 4.69) is 5.32 Å². The largest absolute Gasteiger partial charge is 0.454 e. The summed E-state index contributed by atoms with van der Waals surface area (Å²) in [6.07, 6.45) is 3.63. The van der Waals surface area contributed by atoms with Crippen molar-refractivity contribution in [2.24, 2.45) is 0 Å². The number of nitrogens with zero attached hydrogens (tertiary/aromatic N) is 2. The van der Waals surface area contributed by atoms with Gasteiger partial charge < -0.3 is 19.4 Å². The summed E-state index contributed by atoms with van der Waals surface area (Å²) in [5.74, 6) is 0.328. The monoisotopic (exact) mass is 531 g/mol. The third-order valence-electron chi connectivity index (χ3n) is 5.96. The van der Waals surface area contributed by atoms with Gasteiger partial charge in [0.15, 0.2) is 15.8 Å². The zero-order valence-electron chi connectivity index (χ0n) is 19.1. The number of carbonyl (C=O) groups is 2. The third-order valence-corrected chi connectivity index (χ3v) is 7.26. The number of nitrogens with one attached hydrogen (secondary N) is 1. The molecule has 7 nitrogen and oxygen atoms in total. The number of hydrogen-bond acceptors (Lipinski definition) is 6. The molecule has 4 aromatic rings. The van der Waals surface area contributed by atoms with Crippen molar-refractivity contribution in [3.63, 3.8) is 0 Å². The van der Waals surface area contributed by atoms with E-state index in [1.54, 1.807) is 24.3 Å². The van der Waals surface area contributed by atoms with Gasteiger partial charge in [0, 0.05) is 34.4 Å². The second-order valence-corrected chi connectivity index (χ2v) is 10.0. The number of aromatic nitrogens is 1. The Morgan fingerprint density at radius 1 is 1.08 bits per heavy atom. The Morgan fingerprint density at radius 2 is 1.86 bits per heavy atom. The van der Waals surface area contributed by atoms with Crippen molar-refractivity contribution in [1.29, 1.82) is 0 Å². The molecule has 2 aliphatic rings. The van der Waals surface area contributed by atoms with Crippen molar-refractivity contribution >= 4 is 68.5 Å². The molecule has 1 N–H and O–H groups in total. The number of rotatable bonds is 5. The number of carbonyl (C=O) groups excluding carboxylic acids is 2. The third kappa shape index (κ3) is 4.45. The molecule has 0 aliphatic carbocycles. The number of ether oxygens (including phenoxy) is 2. The minimum atomic E-state index is -0.372. The molecule has 0 atom stereocenters. The van der Waals surface area contributed by atoms with Crippen LogP contribution in [0.15, 0.2) is 77.8 Å². The molecule has 0 saturated carbocycles. The molecular formula is C27H18FN3O4S2. The van der Waals surface area contributed by atoms with E-state index >= 15 is 0 Å². The first-order chi connectivity index (χ1) is 18.0. The fourth-order valence-electron chi connectivity index (χ4n) is 4.27. The minimum Gasteiger partial charge on any atom is -0.454 e. The number of anilines is 2. The quantitative estimate of drug-likeness (QED) is 0.269. The highest BCUT2D eigenvalue weighted by Crippen LogP contribution is 2.41. The van der Waals surface area contributed by atoms with E-state index in [-0.39, 0.29) is 31.0 Å². The van der Waals surface area contributed by atoms with Crippen molar-refractivity contribution in [1.82, 2.24) is 4.57 Å². The molecule has 1 aromatic heterocycles. The number of benzene rings is 3. The molecule has 1 fully saturated rings. The van der Waals surface area contributed by atoms with Crippen LogP contribution < -0.4 is 19.7 Å². The van der Waals surface area contributed by atoms with Crippen molar-refractivity contribution in [3.05, 3.63) is 89.2 Å². The van der Waals surface area contributed by atoms with Crippen molar-refractivity contribution in [2.75, 3.05) is 17.0 Å². The number of thiocarbonyl (C=S) groups is 1. The summed E-state index contributed by atoms with van der Waals surface area (Å²) in [5, 5.41) is 3.67. The topological polar surface area (TPSA) is 72.8 Å². The van der Waals surface area contributed by atoms with Gasteiger partial charge in [-0.15, -0.1) is 0 Å². The van der Waals surface area contributed by atoms with E-state index < -0.39 is 0 Å². The van der Waals surface area contributed by atoms with Gasteiger partial charge in [-0.1, -0.05) is 42.2 Å². The van der Waals surface area contributed by atoms with Crippen LogP contribution >= 0.6 is 24.0 Å². The Hall–Kier alpha value is -4.15. The summed E-state index contributed by atoms with van der Waals surface area (Å²) < 4.78 is 26.2. The normalized spacial score (nSPS) is 15.7. The summed E-state index contributed by atoms with van der Waals surface area (Å²) in [6, 6.07) is 18.5. The molecule has 0 radical (unpaired) electrons. The van der Waals surface area contributed by atoms with Crippen molar-refractivity contribution in [2.45, 2.75) is 6.54 Å². The minimum absolute atomic E-state index is 0.0455. The summed E-state index contributed by atoms with van der Waals surface area (Å²) in [4.78, 5) is 28.0. The first kappa shape index (κ1) is 23.3. The Labute approximate surface area is 220 Å². The zero-order valence-corrected chi connectivity index (χ0v) is 20.8. The van der Waals surface area contributed by atoms with Crippen LogP contribution in [0.3, 0.4) is 0 Å². The maximum Gasteiger partial charge on any atom is 0.270 e. The van der Waals surface area contributed by atoms with Gasteiger partial charge in [-0.2, -0.15) is 0 Å². The standard InChI is InChI=1S/C27H18FN3O4S2/c28-17-5-7-18(8-6-17)29-25(32)14-30-13-16(20-3-1-2-4-21(20)30)11-24-26(33)31(27(36)37-24)19-9-10-22-23(12-19)35-15-34-22/h1-13H,14-15H2,(H,29,32)/b24-11-. The van der Waals surface area contributed by atoms with E-state index in [1.807, 2.05) is 35.0 Å². The summed E-state index contributed by atoms with van der Waals surface area (Å²) in [7, 11) is 0. The number of hydrogen-bond donors (Lipinski definition) is 1. The zero-order chi connectivity index (χ0) is 25.5. The molecule has 0 spiro atoms. The highest BCUT2D eigenvalue weighted by Gasteiger charge is 2.34. The van der Waals surface area contributed by atoms with Crippen molar-refractivity contribution < 1.29 is 23.5 Å². The summed E-state index contributed by atoms with van der Waals surface area (Å²) in [5.41, 5.74) is 2.75. The molecule has 0 unspecified atom stereocenters. The molecule has 2 amide bonds. The molecule has 6 rings (SSSR count). The Morgan fingerprint density at radius 3 is 2.70 bits per heavy atom. The second kappa shape index (κ2) is 9.38. The highest BCUT2D eigenvalue weighted by molar-refractivity contribution is 8.27. The fourth-order valence-corrected chi connectivity index (χ4v) is 5.56. The number of para-hydroxylation sites is 1. The number of thioether (sulfide) groups is 1. The van der Waals surface area contributed by atoms with Gasteiger partial charge in [0.2, 0.25) is 12.7 Å². The van der Waals surface area contributed by atoms with Crippen LogP contribution in [-0.2, 0) is 16.1 Å². The lowest BCUT2D eigenvalue weighted by Gasteiger charge is -2.14. The van der Waals surface area contributed by atoms with E-state index in [9.17, 15) is 14.0 Å². The van der Waals surface area contributed by atoms with Crippen LogP contribution in [0.5, 0.6) is 11.5 Å². The summed E-state index contributed by atoms with van der Waals surface area (Å²) >= 11 is 6.74. The first-order valence-corrected chi connectivity index (χ1v) is 12.5. The molecule has 2 aliphatic heterocycles. The Balaban J connectivity index is 1.28. The Bertz CT molecular complexity index is 1610. The molecule has 0 bridgehead atoms. The summed E-state index contributed by atoms with van der Waals surface area (Å²) in [6.45, 7) is 0.187. The van der Waals surface area contributed by atoms with E-state index in [0.717, 1.165) is 16.5 Å². The van der Waals surface area contributed by atoms with Gasteiger partial charge in [-0.3, -0.25) is 14.5 Å². The first-order valence-electron chi connectivity index (χ1n) is 11.3. The molecule has 10 heteroatoms. The second-order valence-electron chi connectivity index (χ2n) is 8.34. The predicted molar refractivity (Wildman–Crippen MR) is 145 cm³/mol. The molecule has 3 aromatic carbocycles. The molecule has 3 heterocycles. The maximum atomic E-state index is 13.3. The van der Waals surface area contributed by atoms with Crippen LogP contribution in [-0.4, -0.2) is 27.5 Å². The van der Waals surface area contributed by atoms with Crippen LogP contribution in [0.1, 0.15) is 5.56 Å². The van der Waals surface area contributed by atoms with Crippen LogP contribution in [0.25, 0.3) is 17.0 Å². The maximum absolute atomic E-state index is 13.3. The molecule has 184 valence electrons. The van der Waals surface area contributed by atoms with E-state index in [1.165, 1.54) is 40.9 Å². The van der Waals surface area contributed by atoms with Gasteiger partial charge in [-0.25, -0.2) is 4.39 Å². The van der Waals surface area contributed by atoms with Crippen LogP contribution in [0.4, 0.5) is 15.8 Å². The molecule has 37 heavy (non-hydrogen) atoms. The van der Waals surface area contributed by atoms with Gasteiger partial charge in [0.25, 0.3) is 5.91 Å². The SMILES string of the molecule is O=C(Cn1cc(/C=C2\SC(=S)N(c3ccc4c(c3)OCO4)C2=O)c2ccccc21)Nc1ccc(F)cc1. The lowest BCUT2D eigenvalue weighted by atomic mass is 10.1. The number of fused-ring (bicyclic) bond motifs is 2. The number of amides is 2. The van der Waals surface area contributed by atoms with Crippen molar-refractivity contribution in [3.8, 4) is 11.5 Å². The van der Waals surface area contributed by atoms with Gasteiger partial charge in [-0.05, 0) is 48.5 Å². The predicted octanol–water partition coefficient (Wildman–Crippen LogP) is 5.55. The lowest BCUT2D eigenvalue weighted by Crippen LogP contribution is -2.27. The average molecular weight is 532 g/mol. The van der Waals surface area contributed by atoms with Gasteiger partial charge in [0.1, 0.15) is 12.4 Å². The number of halogens is 1. The fraction of sp³-hybridized carbons (Fsp3) is 0.0741. The molecule has 1 saturated heterocycles. The van der Waals surface area contributed by atoms with Gasteiger partial charge >= 0.3 is 0 Å². The highest BCUT2D eigenvalue weighted by atomic mass is 32.2. The lowest BCUT2D eigenvalue weighted by molar-refractivity contribution is -0.116. The average Bonchev–Trinajstić information content (AvgIpc) is 3.57. The molecular weight excluding hydrogens is 513 g/mol. The van der Waals surface area contributed by atoms with E-state index in [4.69, 9.17) is 21.7 Å². The van der Waals surface area contributed by atoms with Crippen LogP contribution in [0.2, 0.25) is 0 Å².